The van der Waals surface area contributed by atoms with Crippen LogP contribution >= 0.6 is 0 Å². The van der Waals surface area contributed by atoms with Crippen LogP contribution in [0.4, 0.5) is 0 Å². The van der Waals surface area contributed by atoms with E-state index in [1.807, 2.05) is 0 Å². The Bertz CT molecular complexity index is 419. The van der Waals surface area contributed by atoms with E-state index in [-0.39, 0.29) is 5.56 Å². The lowest BCUT2D eigenvalue weighted by Crippen LogP contribution is -2.44. The van der Waals surface area contributed by atoms with Crippen molar-refractivity contribution < 1.29 is 29.7 Å². The predicted octanol–water partition coefficient (Wildman–Crippen LogP) is 0.274. The normalized spacial score (nSPS) is 12.3. The lowest BCUT2D eigenvalue weighted by molar-refractivity contribution is -0.179. The average Bonchev–Trinajstić information content (AvgIpc) is 2.38. The van der Waals surface area contributed by atoms with E-state index < -0.39 is 17.5 Å². The van der Waals surface area contributed by atoms with E-state index in [1.165, 1.54) is 29.6 Å². The number of hydrogen-bond acceptors (Lipinski definition) is 6. The van der Waals surface area contributed by atoms with Crippen LogP contribution in [0.3, 0.4) is 0 Å². The average molecular weight is 257 g/mol. The fourth-order valence-corrected chi connectivity index (χ4v) is 1.16. The first-order valence-corrected chi connectivity index (χ1v) is 4.51. The molecule has 0 spiro atoms. The Balaban J connectivity index is 0.000000873. The van der Waals surface area contributed by atoms with Crippen molar-refractivity contribution in [3.8, 4) is 0 Å². The van der Waals surface area contributed by atoms with Gasteiger partial charge in [-0.15, -0.1) is 4.91 Å². The number of methoxy groups -OCH3 is 1. The van der Waals surface area contributed by atoms with E-state index in [4.69, 9.17) is 15.2 Å². The maximum atomic E-state index is 11.2. The van der Waals surface area contributed by atoms with E-state index in [0.29, 0.717) is 0 Å². The molecule has 1 atom stereocenters. The number of carboxylic acids is 1. The molecule has 0 heterocycles. The van der Waals surface area contributed by atoms with Gasteiger partial charge in [-0.05, 0) is 0 Å². The number of hydrogen-bond donors (Lipinski definition) is 3. The number of aliphatic hydroxyl groups is 1. The van der Waals surface area contributed by atoms with Crippen LogP contribution in [0, 0.1) is 4.91 Å². The monoisotopic (exact) mass is 257 g/mol. The summed E-state index contributed by atoms with van der Waals surface area (Å²) in [5, 5.41) is 26.5. The Morgan fingerprint density at radius 1 is 1.28 bits per heavy atom. The van der Waals surface area contributed by atoms with Gasteiger partial charge in [0, 0.05) is 5.56 Å². The molecular formula is C10H11NO7. The number of rotatable bonds is 3. The van der Waals surface area contributed by atoms with Gasteiger partial charge >= 0.3 is 11.9 Å². The van der Waals surface area contributed by atoms with Crippen LogP contribution in [0.1, 0.15) is 5.56 Å². The second kappa shape index (κ2) is 6.97. The van der Waals surface area contributed by atoms with E-state index in [1.54, 1.807) is 6.07 Å². The minimum absolute atomic E-state index is 0.0376. The molecule has 0 saturated carbocycles. The molecule has 18 heavy (non-hydrogen) atoms. The number of ether oxygens (including phenoxy) is 1. The summed E-state index contributed by atoms with van der Waals surface area (Å²) in [6.07, 6.45) is 0. The van der Waals surface area contributed by atoms with Gasteiger partial charge in [0.05, 0.1) is 7.11 Å². The molecule has 0 bridgehead atoms. The number of benzene rings is 1. The topological polar surface area (TPSA) is 133 Å². The Kier molecular flexibility index (Phi) is 6.01. The molecule has 1 rings (SSSR count). The molecule has 0 aromatic heterocycles. The molecule has 1 aromatic carbocycles. The quantitative estimate of drug-likeness (QED) is 0.306. The highest BCUT2D eigenvalue weighted by molar-refractivity contribution is 6.03. The van der Waals surface area contributed by atoms with Crippen LogP contribution in [-0.4, -0.2) is 34.5 Å². The van der Waals surface area contributed by atoms with E-state index in [2.05, 4.69) is 4.74 Å². The molecule has 3 N–H and O–H groups in total. The van der Waals surface area contributed by atoms with Gasteiger partial charge in [0.1, 0.15) is 0 Å². The molecular weight excluding hydrogens is 246 g/mol. The zero-order valence-electron chi connectivity index (χ0n) is 9.31. The van der Waals surface area contributed by atoms with Crippen molar-refractivity contribution in [3.05, 3.63) is 40.8 Å². The van der Waals surface area contributed by atoms with E-state index in [0.717, 1.165) is 7.11 Å². The summed E-state index contributed by atoms with van der Waals surface area (Å²) in [6, 6.07) is 7.36. The molecule has 0 fully saturated rings. The zero-order chi connectivity index (χ0) is 14.2. The van der Waals surface area contributed by atoms with E-state index >= 15 is 0 Å². The van der Waals surface area contributed by atoms with Gasteiger partial charge in [0.15, 0.2) is 5.34 Å². The van der Waals surface area contributed by atoms with Crippen LogP contribution in [0.15, 0.2) is 35.7 Å². The van der Waals surface area contributed by atoms with Crippen molar-refractivity contribution in [3.63, 3.8) is 0 Å². The fraction of sp³-hybridized carbons (Fsp3) is 0.200. The number of aliphatic carboxylic acids is 1. The predicted molar refractivity (Wildman–Crippen MR) is 57.6 cm³/mol. The number of esters is 1. The first-order valence-electron chi connectivity index (χ1n) is 4.51. The van der Waals surface area contributed by atoms with Gasteiger partial charge in [0.2, 0.25) is 0 Å². The van der Waals surface area contributed by atoms with Crippen LogP contribution in [-0.2, 0) is 19.9 Å². The lowest BCUT2D eigenvalue weighted by Gasteiger charge is -2.20. The SMILES string of the molecule is COC(=O)C(O)(C(=O)O)c1ccccc1.O=NO. The molecule has 1 unspecified atom stereocenters. The Labute approximate surface area is 101 Å². The van der Waals surface area contributed by atoms with Gasteiger partial charge in [-0.1, -0.05) is 30.3 Å². The molecule has 0 amide bonds. The third-order valence-electron chi connectivity index (χ3n) is 1.98. The summed E-state index contributed by atoms with van der Waals surface area (Å²) in [7, 11) is 1.01. The van der Waals surface area contributed by atoms with Crippen molar-refractivity contribution >= 4 is 11.9 Å². The first-order chi connectivity index (χ1) is 8.44. The summed E-state index contributed by atoms with van der Waals surface area (Å²) < 4.78 is 4.26. The highest BCUT2D eigenvalue weighted by Gasteiger charge is 2.47. The van der Waals surface area contributed by atoms with Crippen molar-refractivity contribution in [1.82, 2.24) is 0 Å². The van der Waals surface area contributed by atoms with Crippen LogP contribution in [0.2, 0.25) is 0 Å². The van der Waals surface area contributed by atoms with E-state index in [9.17, 15) is 14.7 Å². The molecule has 8 nitrogen and oxygen atoms in total. The van der Waals surface area contributed by atoms with Gasteiger partial charge in [-0.25, -0.2) is 9.59 Å². The fourth-order valence-electron chi connectivity index (χ4n) is 1.16. The summed E-state index contributed by atoms with van der Waals surface area (Å²) in [5.74, 6) is -2.89. The summed E-state index contributed by atoms with van der Waals surface area (Å²) in [6.45, 7) is 0. The second-order valence-corrected chi connectivity index (χ2v) is 2.95. The third-order valence-corrected chi connectivity index (χ3v) is 1.98. The largest absolute Gasteiger partial charge is 0.478 e. The number of nitrogens with zero attached hydrogens (tertiary/aromatic N) is 1. The Morgan fingerprint density at radius 3 is 2.06 bits per heavy atom. The van der Waals surface area contributed by atoms with Crippen LogP contribution in [0.25, 0.3) is 0 Å². The maximum Gasteiger partial charge on any atom is 0.354 e. The zero-order valence-corrected chi connectivity index (χ0v) is 9.31. The standard InChI is InChI=1S/C10H10O5.HNO2/c1-15-9(13)10(14,8(11)12)7-5-3-2-4-6-7;2-1-3/h2-6,14H,1H3,(H,11,12);(H,2,3). The summed E-state index contributed by atoms with van der Waals surface area (Å²) in [5.41, 5.74) is -2.68. The van der Waals surface area contributed by atoms with Crippen LogP contribution in [0.5, 0.6) is 0 Å². The van der Waals surface area contributed by atoms with Gasteiger partial charge in [-0.2, -0.15) is 0 Å². The first kappa shape index (κ1) is 15.5. The molecule has 8 heteroatoms. The minimum Gasteiger partial charge on any atom is -0.478 e. The molecule has 0 radical (unpaired) electrons. The highest BCUT2D eigenvalue weighted by Crippen LogP contribution is 2.22. The third kappa shape index (κ3) is 3.25. The molecule has 0 aliphatic heterocycles. The van der Waals surface area contributed by atoms with Crippen molar-refractivity contribution in [2.75, 3.05) is 7.11 Å². The number of carboxylic acid groups (broad SMARTS) is 1. The summed E-state index contributed by atoms with van der Waals surface area (Å²) in [4.78, 5) is 30.2. The molecule has 1 aromatic rings. The molecule has 98 valence electrons. The molecule has 0 saturated heterocycles. The van der Waals surface area contributed by atoms with Gasteiger partial charge < -0.3 is 20.2 Å². The molecule has 0 aliphatic rings. The lowest BCUT2D eigenvalue weighted by atomic mass is 9.94. The van der Waals surface area contributed by atoms with Crippen LogP contribution < -0.4 is 0 Å². The Hall–Kier alpha value is -2.48. The summed E-state index contributed by atoms with van der Waals surface area (Å²) >= 11 is 0. The highest BCUT2D eigenvalue weighted by atomic mass is 16.6. The Morgan fingerprint density at radius 2 is 1.72 bits per heavy atom. The number of carbonyl (C=O) groups is 2. The molecule has 0 aliphatic carbocycles. The minimum atomic E-state index is -2.64. The van der Waals surface area contributed by atoms with Crippen molar-refractivity contribution in [2.45, 2.75) is 5.60 Å². The smallest absolute Gasteiger partial charge is 0.354 e. The second-order valence-electron chi connectivity index (χ2n) is 2.95. The van der Waals surface area contributed by atoms with Gasteiger partial charge in [-0.3, -0.25) is 0 Å². The van der Waals surface area contributed by atoms with Gasteiger partial charge in [0.25, 0.3) is 5.60 Å². The van der Waals surface area contributed by atoms with Crippen molar-refractivity contribution in [1.29, 1.82) is 0 Å². The number of carbonyl (C=O) groups excluding carboxylic acids is 1. The van der Waals surface area contributed by atoms with Crippen molar-refractivity contribution in [2.24, 2.45) is 5.34 Å². The maximum absolute atomic E-state index is 11.2.